The Morgan fingerprint density at radius 1 is 0.917 bits per heavy atom. The normalized spacial score (nSPS) is 10.3. The van der Waals surface area contributed by atoms with Crippen molar-refractivity contribution in [3.63, 3.8) is 0 Å². The average molecular weight is 326 g/mol. The molecule has 3 rings (SSSR count). The average Bonchev–Trinajstić information content (AvgIpc) is 3.09. The number of ether oxygens (including phenoxy) is 1. The fraction of sp³-hybridized carbons (Fsp3) is 0. The molecule has 0 aliphatic rings. The van der Waals surface area contributed by atoms with Gasteiger partial charge in [-0.1, -0.05) is 0 Å². The predicted octanol–water partition coefficient (Wildman–Crippen LogP) is 2.06. The van der Waals surface area contributed by atoms with Crippen LogP contribution in [0.3, 0.4) is 0 Å². The largest absolute Gasteiger partial charge is 0.478 e. The van der Waals surface area contributed by atoms with Crippen LogP contribution < -0.4 is 4.74 Å². The van der Waals surface area contributed by atoms with Crippen molar-refractivity contribution >= 4 is 11.9 Å². The number of nitrogens with one attached hydrogen (secondary N) is 1. The molecule has 0 unspecified atom stereocenters. The standard InChI is InChI=1S/C15H10N4O5/c20-14(21)9-5-10(15(22)23)7-12(6-9)24-11-3-1-8(2-4-11)13-16-18-19-17-13/h1-7H,(H,20,21)(H,22,23)(H,16,17,18,19). The van der Waals surface area contributed by atoms with Crippen molar-refractivity contribution in [2.45, 2.75) is 0 Å². The van der Waals surface area contributed by atoms with E-state index >= 15 is 0 Å². The van der Waals surface area contributed by atoms with Crippen molar-refractivity contribution in [2.24, 2.45) is 0 Å². The molecule has 0 saturated heterocycles. The molecular formula is C15H10N4O5. The van der Waals surface area contributed by atoms with E-state index in [-0.39, 0.29) is 16.9 Å². The van der Waals surface area contributed by atoms with Gasteiger partial charge in [-0.05, 0) is 47.7 Å². The Morgan fingerprint density at radius 2 is 1.54 bits per heavy atom. The van der Waals surface area contributed by atoms with Gasteiger partial charge in [-0.3, -0.25) is 0 Å². The van der Waals surface area contributed by atoms with Gasteiger partial charge < -0.3 is 14.9 Å². The smallest absolute Gasteiger partial charge is 0.335 e. The molecule has 1 heterocycles. The fourth-order valence-corrected chi connectivity index (χ4v) is 2.00. The molecule has 2 aromatic carbocycles. The molecule has 0 aliphatic heterocycles. The van der Waals surface area contributed by atoms with Crippen molar-refractivity contribution in [2.75, 3.05) is 0 Å². The summed E-state index contributed by atoms with van der Waals surface area (Å²) in [6.45, 7) is 0. The third-order valence-electron chi connectivity index (χ3n) is 3.09. The monoisotopic (exact) mass is 326 g/mol. The van der Waals surface area contributed by atoms with Gasteiger partial charge >= 0.3 is 11.9 Å². The molecule has 9 nitrogen and oxygen atoms in total. The number of aromatic carboxylic acids is 2. The van der Waals surface area contributed by atoms with Gasteiger partial charge in [0.15, 0.2) is 0 Å². The molecule has 0 atom stereocenters. The van der Waals surface area contributed by atoms with Crippen LogP contribution in [0.15, 0.2) is 42.5 Å². The van der Waals surface area contributed by atoms with E-state index in [1.807, 2.05) is 0 Å². The molecule has 24 heavy (non-hydrogen) atoms. The zero-order chi connectivity index (χ0) is 17.1. The number of hydrogen-bond acceptors (Lipinski definition) is 6. The first kappa shape index (κ1) is 15.2. The molecule has 0 amide bonds. The third kappa shape index (κ3) is 3.19. The molecule has 1 aromatic heterocycles. The van der Waals surface area contributed by atoms with Crippen molar-refractivity contribution in [3.05, 3.63) is 53.6 Å². The summed E-state index contributed by atoms with van der Waals surface area (Å²) >= 11 is 0. The van der Waals surface area contributed by atoms with E-state index < -0.39 is 11.9 Å². The third-order valence-corrected chi connectivity index (χ3v) is 3.09. The summed E-state index contributed by atoms with van der Waals surface area (Å²) in [5.41, 5.74) is 0.364. The van der Waals surface area contributed by atoms with Crippen LogP contribution in [-0.2, 0) is 0 Å². The van der Waals surface area contributed by atoms with E-state index in [2.05, 4.69) is 20.6 Å². The van der Waals surface area contributed by atoms with Crippen molar-refractivity contribution < 1.29 is 24.5 Å². The van der Waals surface area contributed by atoms with E-state index in [4.69, 9.17) is 14.9 Å². The first-order valence-corrected chi connectivity index (χ1v) is 6.66. The number of hydrogen-bond donors (Lipinski definition) is 3. The van der Waals surface area contributed by atoms with Crippen LogP contribution in [0.4, 0.5) is 0 Å². The molecule has 0 bridgehead atoms. The molecule has 0 saturated carbocycles. The van der Waals surface area contributed by atoms with Gasteiger partial charge in [0.1, 0.15) is 11.5 Å². The van der Waals surface area contributed by atoms with Gasteiger partial charge in [0.25, 0.3) is 0 Å². The maximum absolute atomic E-state index is 11.1. The Labute approximate surface area is 134 Å². The van der Waals surface area contributed by atoms with Gasteiger partial charge in [-0.25, -0.2) is 9.59 Å². The van der Waals surface area contributed by atoms with E-state index in [1.165, 1.54) is 12.1 Å². The molecule has 3 N–H and O–H groups in total. The Morgan fingerprint density at radius 3 is 2.04 bits per heavy atom. The minimum Gasteiger partial charge on any atom is -0.478 e. The second kappa shape index (κ2) is 6.16. The number of carboxylic acid groups (broad SMARTS) is 2. The molecule has 0 fully saturated rings. The molecule has 0 spiro atoms. The molecular weight excluding hydrogens is 316 g/mol. The SMILES string of the molecule is O=C(O)c1cc(Oc2ccc(-c3nn[nH]n3)cc2)cc(C(=O)O)c1. The lowest BCUT2D eigenvalue weighted by molar-refractivity contribution is 0.0696. The summed E-state index contributed by atoms with van der Waals surface area (Å²) in [4.78, 5) is 22.2. The van der Waals surface area contributed by atoms with Crippen LogP contribution >= 0.6 is 0 Å². The Kier molecular flexibility index (Phi) is 3.89. The van der Waals surface area contributed by atoms with Crippen LogP contribution in [0.2, 0.25) is 0 Å². The Bertz CT molecular complexity index is 858. The zero-order valence-electron chi connectivity index (χ0n) is 12.0. The lowest BCUT2D eigenvalue weighted by atomic mass is 10.1. The van der Waals surface area contributed by atoms with Crippen LogP contribution in [0.1, 0.15) is 20.7 Å². The number of aromatic nitrogens is 4. The summed E-state index contributed by atoms with van der Waals surface area (Å²) in [7, 11) is 0. The van der Waals surface area contributed by atoms with E-state index in [1.54, 1.807) is 24.3 Å². The molecule has 9 heteroatoms. The van der Waals surface area contributed by atoms with Gasteiger partial charge in [0.05, 0.1) is 11.1 Å². The predicted molar refractivity (Wildman–Crippen MR) is 80.0 cm³/mol. The Balaban J connectivity index is 1.87. The fourth-order valence-electron chi connectivity index (χ4n) is 2.00. The number of aromatic amines is 1. The van der Waals surface area contributed by atoms with Gasteiger partial charge in [-0.2, -0.15) is 5.21 Å². The van der Waals surface area contributed by atoms with Crippen molar-refractivity contribution in [1.82, 2.24) is 20.6 Å². The highest BCUT2D eigenvalue weighted by Crippen LogP contribution is 2.26. The van der Waals surface area contributed by atoms with Gasteiger partial charge in [0, 0.05) is 5.56 Å². The number of carbonyl (C=O) groups is 2. The first-order chi connectivity index (χ1) is 11.5. The highest BCUT2D eigenvalue weighted by molar-refractivity contribution is 5.94. The molecule has 120 valence electrons. The number of benzene rings is 2. The summed E-state index contributed by atoms with van der Waals surface area (Å²) in [6.07, 6.45) is 0. The lowest BCUT2D eigenvalue weighted by Crippen LogP contribution is -2.03. The number of rotatable bonds is 5. The summed E-state index contributed by atoms with van der Waals surface area (Å²) in [5, 5.41) is 31.6. The van der Waals surface area contributed by atoms with Crippen LogP contribution in [0.5, 0.6) is 11.5 Å². The van der Waals surface area contributed by atoms with Crippen molar-refractivity contribution in [1.29, 1.82) is 0 Å². The first-order valence-electron chi connectivity index (χ1n) is 6.66. The summed E-state index contributed by atoms with van der Waals surface area (Å²) in [6, 6.07) is 10.2. The second-order valence-corrected chi connectivity index (χ2v) is 4.72. The minimum atomic E-state index is -1.24. The maximum Gasteiger partial charge on any atom is 0.335 e. The molecule has 0 aliphatic carbocycles. The van der Waals surface area contributed by atoms with Crippen LogP contribution in [-0.4, -0.2) is 42.8 Å². The van der Waals surface area contributed by atoms with Gasteiger partial charge in [-0.15, -0.1) is 10.2 Å². The molecule has 0 radical (unpaired) electrons. The quantitative estimate of drug-likeness (QED) is 0.647. The number of H-pyrrole nitrogens is 1. The topological polar surface area (TPSA) is 138 Å². The van der Waals surface area contributed by atoms with E-state index in [0.717, 1.165) is 6.07 Å². The summed E-state index contributed by atoms with van der Waals surface area (Å²) in [5.74, 6) is -1.55. The van der Waals surface area contributed by atoms with Crippen molar-refractivity contribution in [3.8, 4) is 22.9 Å². The molecule has 3 aromatic rings. The lowest BCUT2D eigenvalue weighted by Gasteiger charge is -2.08. The maximum atomic E-state index is 11.1. The van der Waals surface area contributed by atoms with E-state index in [9.17, 15) is 9.59 Å². The number of tetrazole rings is 1. The number of nitrogens with zero attached hydrogens (tertiary/aromatic N) is 3. The second-order valence-electron chi connectivity index (χ2n) is 4.72. The summed E-state index contributed by atoms with van der Waals surface area (Å²) < 4.78 is 5.54. The van der Waals surface area contributed by atoms with Gasteiger partial charge in [0.2, 0.25) is 5.82 Å². The number of carboxylic acids is 2. The van der Waals surface area contributed by atoms with E-state index in [0.29, 0.717) is 17.1 Å². The Hall–Kier alpha value is -3.75. The highest BCUT2D eigenvalue weighted by Gasteiger charge is 2.13. The minimum absolute atomic E-state index is 0.111. The van der Waals surface area contributed by atoms with Crippen LogP contribution in [0, 0.1) is 0 Å². The highest BCUT2D eigenvalue weighted by atomic mass is 16.5. The zero-order valence-corrected chi connectivity index (χ0v) is 12.0. The van der Waals surface area contributed by atoms with Crippen LogP contribution in [0.25, 0.3) is 11.4 Å².